The van der Waals surface area contributed by atoms with Gasteiger partial charge in [-0.1, -0.05) is 17.7 Å². The third kappa shape index (κ3) is 4.21. The lowest BCUT2D eigenvalue weighted by molar-refractivity contribution is -0.137. The molecule has 1 aromatic rings. The molecule has 0 saturated heterocycles. The SMILES string of the molecule is CC(CC#N)NCc1ccc(Cl)c(C(F)(F)F)c1. The van der Waals surface area contributed by atoms with Crippen LogP contribution in [0.15, 0.2) is 18.2 Å². The predicted octanol–water partition coefficient (Wildman–Crippen LogP) is 3.75. The predicted molar refractivity (Wildman–Crippen MR) is 63.0 cm³/mol. The molecule has 0 heterocycles. The number of halogens is 4. The Morgan fingerprint density at radius 2 is 2.11 bits per heavy atom. The van der Waals surface area contributed by atoms with Crippen LogP contribution in [0.4, 0.5) is 13.2 Å². The van der Waals surface area contributed by atoms with Gasteiger partial charge in [-0.3, -0.25) is 0 Å². The maximum absolute atomic E-state index is 12.6. The molecule has 1 rings (SSSR count). The summed E-state index contributed by atoms with van der Waals surface area (Å²) in [5.74, 6) is 0. The first-order chi connectivity index (χ1) is 8.34. The van der Waals surface area contributed by atoms with E-state index >= 15 is 0 Å². The average Bonchev–Trinajstić information content (AvgIpc) is 2.27. The van der Waals surface area contributed by atoms with E-state index < -0.39 is 11.7 Å². The highest BCUT2D eigenvalue weighted by Crippen LogP contribution is 2.35. The number of nitrogens with one attached hydrogen (secondary N) is 1. The van der Waals surface area contributed by atoms with Crippen LogP contribution in [0.1, 0.15) is 24.5 Å². The smallest absolute Gasteiger partial charge is 0.309 e. The molecule has 0 aliphatic carbocycles. The molecule has 0 aliphatic rings. The van der Waals surface area contributed by atoms with E-state index in [1.807, 2.05) is 6.07 Å². The van der Waals surface area contributed by atoms with Crippen LogP contribution in [0.2, 0.25) is 5.02 Å². The molecule has 6 heteroatoms. The molecule has 98 valence electrons. The molecule has 1 atom stereocenters. The zero-order valence-electron chi connectivity index (χ0n) is 9.68. The van der Waals surface area contributed by atoms with Crippen LogP contribution in [0.25, 0.3) is 0 Å². The van der Waals surface area contributed by atoms with E-state index in [2.05, 4.69) is 5.32 Å². The van der Waals surface area contributed by atoms with Gasteiger partial charge in [-0.2, -0.15) is 18.4 Å². The van der Waals surface area contributed by atoms with Crippen molar-refractivity contribution in [3.05, 3.63) is 34.3 Å². The Kier molecular flexibility index (Phi) is 5.00. The Bertz CT molecular complexity index is 452. The zero-order valence-corrected chi connectivity index (χ0v) is 10.4. The molecule has 0 bridgehead atoms. The lowest BCUT2D eigenvalue weighted by atomic mass is 10.1. The third-order valence-corrected chi connectivity index (χ3v) is 2.72. The van der Waals surface area contributed by atoms with Crippen LogP contribution < -0.4 is 5.32 Å². The first kappa shape index (κ1) is 14.8. The molecule has 1 aromatic carbocycles. The maximum Gasteiger partial charge on any atom is 0.417 e. The summed E-state index contributed by atoms with van der Waals surface area (Å²) in [7, 11) is 0. The van der Waals surface area contributed by atoms with Crippen LogP contribution in [-0.2, 0) is 12.7 Å². The molecule has 1 unspecified atom stereocenters. The second-order valence-corrected chi connectivity index (χ2v) is 4.36. The first-order valence-corrected chi connectivity index (χ1v) is 5.68. The Balaban J connectivity index is 2.77. The Hall–Kier alpha value is -1.25. The van der Waals surface area contributed by atoms with Crippen molar-refractivity contribution in [2.45, 2.75) is 32.1 Å². The van der Waals surface area contributed by atoms with Gasteiger partial charge in [0.15, 0.2) is 0 Å². The van der Waals surface area contributed by atoms with Gasteiger partial charge in [-0.15, -0.1) is 0 Å². The van der Waals surface area contributed by atoms with Crippen molar-refractivity contribution in [3.8, 4) is 6.07 Å². The molecule has 2 nitrogen and oxygen atoms in total. The lowest BCUT2D eigenvalue weighted by Gasteiger charge is -2.13. The summed E-state index contributed by atoms with van der Waals surface area (Å²) in [6.45, 7) is 2.06. The second kappa shape index (κ2) is 6.07. The number of nitrogens with zero attached hydrogens (tertiary/aromatic N) is 1. The summed E-state index contributed by atoms with van der Waals surface area (Å²) >= 11 is 5.51. The standard InChI is InChI=1S/C12H12ClF3N2/c1-8(4-5-17)18-7-9-2-3-11(13)10(6-9)12(14,15)16/h2-3,6,8,18H,4,7H2,1H3. The Morgan fingerprint density at radius 1 is 1.44 bits per heavy atom. The van der Waals surface area contributed by atoms with Crippen molar-refractivity contribution in [1.82, 2.24) is 5.32 Å². The van der Waals surface area contributed by atoms with Gasteiger partial charge in [0.2, 0.25) is 0 Å². The number of rotatable bonds is 4. The molecular formula is C12H12ClF3N2. The van der Waals surface area contributed by atoms with Gasteiger partial charge in [0.05, 0.1) is 23.1 Å². The van der Waals surface area contributed by atoms with Crippen molar-refractivity contribution in [2.24, 2.45) is 0 Å². The normalized spacial score (nSPS) is 13.1. The maximum atomic E-state index is 12.6. The van der Waals surface area contributed by atoms with Crippen LogP contribution in [0, 0.1) is 11.3 Å². The quantitative estimate of drug-likeness (QED) is 0.909. The molecule has 0 amide bonds. The van der Waals surface area contributed by atoms with Crippen molar-refractivity contribution >= 4 is 11.6 Å². The summed E-state index contributed by atoms with van der Waals surface area (Å²) in [6, 6.07) is 5.70. The van der Waals surface area contributed by atoms with Crippen LogP contribution in [0.5, 0.6) is 0 Å². The molecule has 0 spiro atoms. The van der Waals surface area contributed by atoms with Crippen LogP contribution in [-0.4, -0.2) is 6.04 Å². The number of hydrogen-bond acceptors (Lipinski definition) is 2. The summed E-state index contributed by atoms with van der Waals surface area (Å²) in [5, 5.41) is 11.1. The molecule has 0 fully saturated rings. The van der Waals surface area contributed by atoms with Crippen molar-refractivity contribution in [1.29, 1.82) is 5.26 Å². The van der Waals surface area contributed by atoms with Gasteiger partial charge in [-0.25, -0.2) is 0 Å². The molecule has 0 aliphatic heterocycles. The van der Waals surface area contributed by atoms with E-state index in [-0.39, 0.29) is 17.6 Å². The van der Waals surface area contributed by atoms with Crippen molar-refractivity contribution in [3.63, 3.8) is 0 Å². The van der Waals surface area contributed by atoms with E-state index in [0.717, 1.165) is 6.07 Å². The number of hydrogen-bond donors (Lipinski definition) is 1. The Morgan fingerprint density at radius 3 is 2.67 bits per heavy atom. The van der Waals surface area contributed by atoms with Gasteiger partial charge in [0.1, 0.15) is 0 Å². The number of alkyl halides is 3. The van der Waals surface area contributed by atoms with E-state index in [9.17, 15) is 13.2 Å². The van der Waals surface area contributed by atoms with Crippen LogP contribution in [0.3, 0.4) is 0 Å². The first-order valence-electron chi connectivity index (χ1n) is 5.30. The second-order valence-electron chi connectivity index (χ2n) is 3.96. The van der Waals surface area contributed by atoms with Gasteiger partial charge >= 0.3 is 6.18 Å². The average molecular weight is 277 g/mol. The van der Waals surface area contributed by atoms with Gasteiger partial charge < -0.3 is 5.32 Å². The largest absolute Gasteiger partial charge is 0.417 e. The fourth-order valence-corrected chi connectivity index (χ4v) is 1.63. The zero-order chi connectivity index (χ0) is 13.8. The highest BCUT2D eigenvalue weighted by atomic mass is 35.5. The minimum absolute atomic E-state index is 0.0694. The van der Waals surface area contributed by atoms with E-state index in [1.165, 1.54) is 12.1 Å². The van der Waals surface area contributed by atoms with Crippen molar-refractivity contribution < 1.29 is 13.2 Å². The van der Waals surface area contributed by atoms with Crippen molar-refractivity contribution in [2.75, 3.05) is 0 Å². The fraction of sp³-hybridized carbons (Fsp3) is 0.417. The summed E-state index contributed by atoms with van der Waals surface area (Å²) in [5.41, 5.74) is -0.354. The number of benzene rings is 1. The number of nitriles is 1. The van der Waals surface area contributed by atoms with Gasteiger partial charge in [0, 0.05) is 12.6 Å². The molecule has 1 N–H and O–H groups in total. The third-order valence-electron chi connectivity index (χ3n) is 2.39. The highest BCUT2D eigenvalue weighted by molar-refractivity contribution is 6.31. The van der Waals surface area contributed by atoms with Gasteiger partial charge in [-0.05, 0) is 24.6 Å². The topological polar surface area (TPSA) is 35.8 Å². The summed E-state index contributed by atoms with van der Waals surface area (Å²) in [6.07, 6.45) is -4.15. The molecule has 18 heavy (non-hydrogen) atoms. The minimum atomic E-state index is -4.45. The highest BCUT2D eigenvalue weighted by Gasteiger charge is 2.33. The monoisotopic (exact) mass is 276 g/mol. The molecule has 0 aromatic heterocycles. The van der Waals surface area contributed by atoms with E-state index in [1.54, 1.807) is 6.92 Å². The minimum Gasteiger partial charge on any atom is -0.309 e. The van der Waals surface area contributed by atoms with E-state index in [0.29, 0.717) is 12.0 Å². The fourth-order valence-electron chi connectivity index (χ4n) is 1.40. The summed E-state index contributed by atoms with van der Waals surface area (Å²) < 4.78 is 37.8. The summed E-state index contributed by atoms with van der Waals surface area (Å²) in [4.78, 5) is 0. The Labute approximate surface area is 108 Å². The molecule has 0 saturated carbocycles. The van der Waals surface area contributed by atoms with Crippen LogP contribution >= 0.6 is 11.6 Å². The van der Waals surface area contributed by atoms with E-state index in [4.69, 9.17) is 16.9 Å². The lowest BCUT2D eigenvalue weighted by Crippen LogP contribution is -2.25. The molecular weight excluding hydrogens is 265 g/mol. The van der Waals surface area contributed by atoms with Gasteiger partial charge in [0.25, 0.3) is 0 Å². The molecule has 0 radical (unpaired) electrons.